The number of amides is 1. The molecule has 2 rings (SSSR count). The molecule has 0 aromatic carbocycles. The number of hydrogen-bond acceptors (Lipinski definition) is 3. The van der Waals surface area contributed by atoms with Crippen molar-refractivity contribution >= 4 is 11.9 Å². The number of aliphatic carboxylic acids is 1. The number of carboxylic acids is 1. The lowest BCUT2D eigenvalue weighted by molar-refractivity contribution is -0.143. The number of carbonyl (C=O) groups excluding carboxylic acids is 1. The van der Waals surface area contributed by atoms with Crippen LogP contribution in [0.5, 0.6) is 0 Å². The summed E-state index contributed by atoms with van der Waals surface area (Å²) in [6.07, 6.45) is 7.04. The molecular formula is C16H28N2O3. The second kappa shape index (κ2) is 7.25. The number of hydrogen-bond donors (Lipinski definition) is 2. The molecule has 21 heavy (non-hydrogen) atoms. The molecule has 1 saturated carbocycles. The second-order valence-corrected chi connectivity index (χ2v) is 6.56. The van der Waals surface area contributed by atoms with Gasteiger partial charge in [-0.3, -0.25) is 9.59 Å². The molecule has 4 atom stereocenters. The van der Waals surface area contributed by atoms with Crippen molar-refractivity contribution in [3.05, 3.63) is 0 Å². The molecule has 1 saturated heterocycles. The van der Waals surface area contributed by atoms with Gasteiger partial charge < -0.3 is 15.3 Å². The summed E-state index contributed by atoms with van der Waals surface area (Å²) in [7, 11) is 0. The summed E-state index contributed by atoms with van der Waals surface area (Å²) in [5.41, 5.74) is 0. The Hall–Kier alpha value is -1.10. The van der Waals surface area contributed by atoms with Crippen LogP contribution in [0, 0.1) is 11.8 Å². The topological polar surface area (TPSA) is 69.6 Å². The van der Waals surface area contributed by atoms with Crippen LogP contribution in [0.4, 0.5) is 0 Å². The maximum absolute atomic E-state index is 12.6. The highest BCUT2D eigenvalue weighted by Crippen LogP contribution is 2.32. The molecule has 1 amide bonds. The first-order chi connectivity index (χ1) is 10.0. The lowest BCUT2D eigenvalue weighted by Gasteiger charge is -2.41. The Bertz CT molecular complexity index is 386. The standard InChI is InChI=1S/C16H28N2O3/c1-3-18(10-11(2)16(20)21)15(19)14-9-8-12-6-4-5-7-13(12)17-14/h11-14,17H,3-10H2,1-2H3,(H,20,21). The molecule has 5 heteroatoms. The molecule has 1 aliphatic heterocycles. The highest BCUT2D eigenvalue weighted by Gasteiger charge is 2.36. The normalized spacial score (nSPS) is 30.3. The van der Waals surface area contributed by atoms with Crippen LogP contribution < -0.4 is 5.32 Å². The highest BCUT2D eigenvalue weighted by molar-refractivity contribution is 5.82. The summed E-state index contributed by atoms with van der Waals surface area (Å²) in [6, 6.07) is 0.363. The van der Waals surface area contributed by atoms with Crippen molar-refractivity contribution < 1.29 is 14.7 Å². The first-order valence-corrected chi connectivity index (χ1v) is 8.30. The summed E-state index contributed by atoms with van der Waals surface area (Å²) in [5, 5.41) is 12.6. The summed E-state index contributed by atoms with van der Waals surface area (Å²) >= 11 is 0. The average molecular weight is 296 g/mol. The molecule has 0 spiro atoms. The summed E-state index contributed by atoms with van der Waals surface area (Å²) in [5.74, 6) is -0.546. The SMILES string of the molecule is CCN(CC(C)C(=O)O)C(=O)C1CCC2CCCCC2N1. The largest absolute Gasteiger partial charge is 0.481 e. The van der Waals surface area contributed by atoms with Gasteiger partial charge in [-0.2, -0.15) is 0 Å². The van der Waals surface area contributed by atoms with Crippen molar-refractivity contribution in [3.8, 4) is 0 Å². The van der Waals surface area contributed by atoms with Crippen LogP contribution in [-0.2, 0) is 9.59 Å². The fraction of sp³-hybridized carbons (Fsp3) is 0.875. The van der Waals surface area contributed by atoms with Gasteiger partial charge in [-0.05, 0) is 38.5 Å². The summed E-state index contributed by atoms with van der Waals surface area (Å²) < 4.78 is 0. The number of piperidine rings is 1. The monoisotopic (exact) mass is 296 g/mol. The van der Waals surface area contributed by atoms with E-state index in [1.54, 1.807) is 11.8 Å². The number of nitrogens with one attached hydrogen (secondary N) is 1. The fourth-order valence-corrected chi connectivity index (χ4v) is 3.69. The first kappa shape index (κ1) is 16.3. The number of likely N-dealkylation sites (N-methyl/N-ethyl adjacent to an activating group) is 1. The molecule has 0 aromatic heterocycles. The smallest absolute Gasteiger partial charge is 0.308 e. The Balaban J connectivity index is 1.93. The third-order valence-electron chi connectivity index (χ3n) is 5.06. The van der Waals surface area contributed by atoms with Gasteiger partial charge in [0.25, 0.3) is 0 Å². The van der Waals surface area contributed by atoms with Crippen LogP contribution in [0.1, 0.15) is 52.4 Å². The van der Waals surface area contributed by atoms with Gasteiger partial charge in [0.15, 0.2) is 0 Å². The van der Waals surface area contributed by atoms with E-state index in [2.05, 4.69) is 5.32 Å². The van der Waals surface area contributed by atoms with Crippen LogP contribution in [0.2, 0.25) is 0 Å². The Morgan fingerprint density at radius 1 is 1.24 bits per heavy atom. The lowest BCUT2D eigenvalue weighted by atomic mass is 9.77. The van der Waals surface area contributed by atoms with Gasteiger partial charge in [0.05, 0.1) is 12.0 Å². The first-order valence-electron chi connectivity index (χ1n) is 8.30. The number of carbonyl (C=O) groups is 2. The molecule has 5 nitrogen and oxygen atoms in total. The minimum Gasteiger partial charge on any atom is -0.481 e. The summed E-state index contributed by atoms with van der Waals surface area (Å²) in [6.45, 7) is 4.45. The second-order valence-electron chi connectivity index (χ2n) is 6.56. The number of rotatable bonds is 5. The van der Waals surface area contributed by atoms with Crippen molar-refractivity contribution in [1.82, 2.24) is 10.2 Å². The highest BCUT2D eigenvalue weighted by atomic mass is 16.4. The van der Waals surface area contributed by atoms with Crippen molar-refractivity contribution in [2.45, 2.75) is 64.5 Å². The van der Waals surface area contributed by atoms with Crippen molar-refractivity contribution in [1.29, 1.82) is 0 Å². The Kier molecular flexibility index (Phi) is 5.62. The summed E-state index contributed by atoms with van der Waals surface area (Å²) in [4.78, 5) is 25.3. The maximum atomic E-state index is 12.6. The maximum Gasteiger partial charge on any atom is 0.308 e. The third-order valence-corrected chi connectivity index (χ3v) is 5.06. The average Bonchev–Trinajstić information content (AvgIpc) is 2.51. The molecule has 0 aromatic rings. The van der Waals surface area contributed by atoms with Gasteiger partial charge >= 0.3 is 5.97 Å². The van der Waals surface area contributed by atoms with Crippen molar-refractivity contribution in [3.63, 3.8) is 0 Å². The lowest BCUT2D eigenvalue weighted by Crippen LogP contribution is -2.56. The van der Waals surface area contributed by atoms with Gasteiger partial charge in [0.1, 0.15) is 0 Å². The zero-order chi connectivity index (χ0) is 15.4. The van der Waals surface area contributed by atoms with E-state index in [1.807, 2.05) is 6.92 Å². The minimum absolute atomic E-state index is 0.0784. The number of fused-ring (bicyclic) bond motifs is 1. The Labute approximate surface area is 127 Å². The molecule has 0 bridgehead atoms. The molecule has 4 unspecified atom stereocenters. The molecule has 2 fully saturated rings. The van der Waals surface area contributed by atoms with Crippen LogP contribution in [0.25, 0.3) is 0 Å². The fourth-order valence-electron chi connectivity index (χ4n) is 3.69. The molecule has 1 heterocycles. The zero-order valence-corrected chi connectivity index (χ0v) is 13.2. The van der Waals surface area contributed by atoms with E-state index in [4.69, 9.17) is 5.11 Å². The van der Waals surface area contributed by atoms with E-state index in [0.29, 0.717) is 19.1 Å². The van der Waals surface area contributed by atoms with Crippen LogP contribution in [-0.4, -0.2) is 47.1 Å². The van der Waals surface area contributed by atoms with Crippen LogP contribution >= 0.6 is 0 Å². The van der Waals surface area contributed by atoms with E-state index >= 15 is 0 Å². The molecule has 2 N–H and O–H groups in total. The van der Waals surface area contributed by atoms with Gasteiger partial charge in [-0.25, -0.2) is 0 Å². The molecular weight excluding hydrogens is 268 g/mol. The Morgan fingerprint density at radius 2 is 1.95 bits per heavy atom. The van der Waals surface area contributed by atoms with E-state index in [9.17, 15) is 9.59 Å². The van der Waals surface area contributed by atoms with E-state index in [-0.39, 0.29) is 11.9 Å². The van der Waals surface area contributed by atoms with E-state index < -0.39 is 11.9 Å². The number of nitrogens with zero attached hydrogens (tertiary/aromatic N) is 1. The quantitative estimate of drug-likeness (QED) is 0.812. The molecule has 1 aliphatic carbocycles. The Morgan fingerprint density at radius 3 is 2.62 bits per heavy atom. The zero-order valence-electron chi connectivity index (χ0n) is 13.2. The molecule has 2 aliphatic rings. The van der Waals surface area contributed by atoms with Gasteiger partial charge in [-0.15, -0.1) is 0 Å². The molecule has 0 radical (unpaired) electrons. The number of carboxylic acid groups (broad SMARTS) is 1. The predicted octanol–water partition coefficient (Wildman–Crippen LogP) is 1.87. The van der Waals surface area contributed by atoms with E-state index in [0.717, 1.165) is 18.8 Å². The molecule has 120 valence electrons. The van der Waals surface area contributed by atoms with Crippen LogP contribution in [0.15, 0.2) is 0 Å². The minimum atomic E-state index is -0.842. The van der Waals surface area contributed by atoms with Crippen molar-refractivity contribution in [2.24, 2.45) is 11.8 Å². The van der Waals surface area contributed by atoms with Crippen LogP contribution in [0.3, 0.4) is 0 Å². The predicted molar refractivity (Wildman–Crippen MR) is 81.0 cm³/mol. The van der Waals surface area contributed by atoms with Crippen molar-refractivity contribution in [2.75, 3.05) is 13.1 Å². The third kappa shape index (κ3) is 3.96. The van der Waals surface area contributed by atoms with Gasteiger partial charge in [0, 0.05) is 19.1 Å². The van der Waals surface area contributed by atoms with E-state index in [1.165, 1.54) is 25.7 Å². The van der Waals surface area contributed by atoms with Gasteiger partial charge in [-0.1, -0.05) is 19.8 Å². The van der Waals surface area contributed by atoms with Gasteiger partial charge in [0.2, 0.25) is 5.91 Å².